The van der Waals surface area contributed by atoms with Crippen molar-refractivity contribution in [1.82, 2.24) is 14.3 Å². The summed E-state index contributed by atoms with van der Waals surface area (Å²) in [5.41, 5.74) is 1.13. The number of imidazole rings is 1. The van der Waals surface area contributed by atoms with E-state index in [9.17, 15) is 0 Å². The lowest BCUT2D eigenvalue weighted by atomic mass is 10.2. The van der Waals surface area contributed by atoms with Crippen LogP contribution in [0.3, 0.4) is 0 Å². The van der Waals surface area contributed by atoms with Crippen LogP contribution in [-0.2, 0) is 5.88 Å². The number of alkyl halides is 1. The summed E-state index contributed by atoms with van der Waals surface area (Å²) in [5.74, 6) is 1.60. The monoisotopic (exact) mass is 298 g/mol. The topological polar surface area (TPSA) is 23.8 Å². The lowest BCUT2D eigenvalue weighted by Gasteiger charge is -2.27. The number of thiazole rings is 1. The molecule has 2 aromatic heterocycles. The van der Waals surface area contributed by atoms with Gasteiger partial charge in [0.1, 0.15) is 0 Å². The van der Waals surface area contributed by atoms with E-state index in [2.05, 4.69) is 39.9 Å². The van der Waals surface area contributed by atoms with Crippen molar-refractivity contribution in [2.24, 2.45) is 0 Å². The van der Waals surface area contributed by atoms with Crippen molar-refractivity contribution in [1.29, 1.82) is 0 Å². The lowest BCUT2D eigenvalue weighted by Crippen LogP contribution is -2.38. The number of nitrogens with zero attached hydrogens (tertiary/aromatic N) is 4. The van der Waals surface area contributed by atoms with Gasteiger partial charge in [0.15, 0.2) is 10.8 Å². The molecule has 1 aliphatic rings. The number of halogens is 1. The highest BCUT2D eigenvalue weighted by Crippen LogP contribution is 2.31. The molecule has 3 heterocycles. The van der Waals surface area contributed by atoms with Crippen molar-refractivity contribution in [2.45, 2.75) is 24.8 Å². The van der Waals surface area contributed by atoms with E-state index in [0.717, 1.165) is 29.6 Å². The molecular formula is C13H19ClN4S. The Morgan fingerprint density at radius 3 is 3.11 bits per heavy atom. The number of aromatic nitrogens is 2. The summed E-state index contributed by atoms with van der Waals surface area (Å²) in [6, 6.07) is 0.557. The Bertz CT molecular complexity index is 562. The number of rotatable bonds is 4. The average Bonchev–Trinajstić information content (AvgIpc) is 3.01. The molecule has 0 aromatic carbocycles. The molecule has 1 atom stereocenters. The molecule has 2 aromatic rings. The summed E-state index contributed by atoms with van der Waals surface area (Å²) in [7, 11) is 4.26. The summed E-state index contributed by atoms with van der Waals surface area (Å²) in [4.78, 5) is 10.5. The fraction of sp³-hybridized carbons (Fsp3) is 0.615. The van der Waals surface area contributed by atoms with E-state index >= 15 is 0 Å². The van der Waals surface area contributed by atoms with Crippen LogP contribution in [0.2, 0.25) is 0 Å². The maximum atomic E-state index is 6.15. The highest BCUT2D eigenvalue weighted by atomic mass is 35.5. The normalized spacial score (nSPS) is 20.0. The molecule has 0 radical (unpaired) electrons. The Balaban J connectivity index is 1.96. The van der Waals surface area contributed by atoms with Crippen molar-refractivity contribution < 1.29 is 0 Å². The minimum absolute atomic E-state index is 0.512. The molecule has 0 spiro atoms. The van der Waals surface area contributed by atoms with Crippen LogP contribution in [0.15, 0.2) is 11.6 Å². The molecule has 3 rings (SSSR count). The average molecular weight is 299 g/mol. The molecule has 0 saturated carbocycles. The molecule has 1 unspecified atom stereocenters. The molecule has 19 heavy (non-hydrogen) atoms. The zero-order valence-electron chi connectivity index (χ0n) is 11.3. The zero-order chi connectivity index (χ0) is 13.4. The van der Waals surface area contributed by atoms with Gasteiger partial charge in [0.2, 0.25) is 0 Å². The van der Waals surface area contributed by atoms with Gasteiger partial charge in [-0.1, -0.05) is 0 Å². The maximum absolute atomic E-state index is 6.15. The van der Waals surface area contributed by atoms with Crippen LogP contribution in [0.1, 0.15) is 18.5 Å². The summed E-state index contributed by atoms with van der Waals surface area (Å²) >= 11 is 7.82. The summed E-state index contributed by atoms with van der Waals surface area (Å²) in [6.45, 7) is 2.17. The van der Waals surface area contributed by atoms with Gasteiger partial charge < -0.3 is 9.80 Å². The summed E-state index contributed by atoms with van der Waals surface area (Å²) in [5, 5.41) is 2.06. The molecule has 1 aliphatic heterocycles. The molecule has 0 aliphatic carbocycles. The van der Waals surface area contributed by atoms with Gasteiger partial charge in [0.05, 0.1) is 11.6 Å². The molecule has 0 amide bonds. The number of hydrogen-bond acceptors (Lipinski definition) is 4. The van der Waals surface area contributed by atoms with Crippen LogP contribution >= 0.6 is 22.9 Å². The van der Waals surface area contributed by atoms with Gasteiger partial charge in [-0.15, -0.1) is 22.9 Å². The van der Waals surface area contributed by atoms with E-state index in [0.29, 0.717) is 11.9 Å². The molecule has 104 valence electrons. The third-order valence-electron chi connectivity index (χ3n) is 3.69. The van der Waals surface area contributed by atoms with Crippen LogP contribution < -0.4 is 4.90 Å². The molecule has 0 N–H and O–H groups in total. The van der Waals surface area contributed by atoms with Gasteiger partial charge >= 0.3 is 0 Å². The number of anilines is 1. The smallest absolute Gasteiger partial charge is 0.195 e. The third kappa shape index (κ3) is 2.35. The van der Waals surface area contributed by atoms with E-state index in [1.165, 1.54) is 12.8 Å². The van der Waals surface area contributed by atoms with E-state index in [-0.39, 0.29) is 0 Å². The molecular weight excluding hydrogens is 280 g/mol. The van der Waals surface area contributed by atoms with E-state index in [1.54, 1.807) is 11.3 Å². The predicted molar refractivity (Wildman–Crippen MR) is 81.5 cm³/mol. The van der Waals surface area contributed by atoms with Crippen molar-refractivity contribution in [3.8, 4) is 0 Å². The second-order valence-electron chi connectivity index (χ2n) is 5.32. The molecule has 1 fully saturated rings. The van der Waals surface area contributed by atoms with Crippen LogP contribution in [0.25, 0.3) is 4.96 Å². The number of hydrogen-bond donors (Lipinski definition) is 0. The molecule has 0 bridgehead atoms. The highest BCUT2D eigenvalue weighted by molar-refractivity contribution is 7.15. The predicted octanol–water partition coefficient (Wildman–Crippen LogP) is 2.67. The van der Waals surface area contributed by atoms with Gasteiger partial charge in [0, 0.05) is 30.7 Å². The van der Waals surface area contributed by atoms with E-state index in [1.807, 2.05) is 0 Å². The zero-order valence-corrected chi connectivity index (χ0v) is 12.9. The van der Waals surface area contributed by atoms with Crippen LogP contribution in [0.4, 0.5) is 5.82 Å². The number of fused-ring (bicyclic) bond motifs is 1. The largest absolute Gasteiger partial charge is 0.351 e. The maximum Gasteiger partial charge on any atom is 0.195 e. The molecule has 6 heteroatoms. The fourth-order valence-electron chi connectivity index (χ4n) is 2.90. The van der Waals surface area contributed by atoms with E-state index in [4.69, 9.17) is 16.6 Å². The van der Waals surface area contributed by atoms with Gasteiger partial charge in [-0.3, -0.25) is 4.40 Å². The Morgan fingerprint density at radius 1 is 1.53 bits per heavy atom. The first-order valence-electron chi connectivity index (χ1n) is 6.62. The summed E-state index contributed by atoms with van der Waals surface area (Å²) < 4.78 is 2.12. The van der Waals surface area contributed by atoms with Crippen molar-refractivity contribution in [3.63, 3.8) is 0 Å². The Labute approximate surface area is 122 Å². The van der Waals surface area contributed by atoms with Gasteiger partial charge in [-0.2, -0.15) is 0 Å². The Morgan fingerprint density at radius 2 is 2.37 bits per heavy atom. The standard InChI is InChI=1S/C13H19ClN4S/c1-16(2)9-10-4-3-5-17(10)12-11(8-14)18-6-7-19-13(18)15-12/h6-7,10H,3-5,8-9H2,1-2H3. The van der Waals surface area contributed by atoms with Crippen LogP contribution in [0.5, 0.6) is 0 Å². The fourth-order valence-corrected chi connectivity index (χ4v) is 3.88. The van der Waals surface area contributed by atoms with Crippen LogP contribution in [0, 0.1) is 0 Å². The van der Waals surface area contributed by atoms with Crippen molar-refractivity contribution in [3.05, 3.63) is 17.3 Å². The summed E-state index contributed by atoms with van der Waals surface area (Å²) in [6.07, 6.45) is 4.54. The second-order valence-corrected chi connectivity index (χ2v) is 6.46. The SMILES string of the molecule is CN(C)CC1CCCN1c1nc2sccn2c1CCl. The van der Waals surface area contributed by atoms with Crippen LogP contribution in [-0.4, -0.2) is 47.5 Å². The first-order chi connectivity index (χ1) is 9.20. The minimum Gasteiger partial charge on any atom is -0.351 e. The Kier molecular flexibility index (Phi) is 3.69. The van der Waals surface area contributed by atoms with Gasteiger partial charge in [-0.25, -0.2) is 4.98 Å². The second kappa shape index (κ2) is 5.31. The Hall–Kier alpha value is -0.780. The van der Waals surface area contributed by atoms with Gasteiger partial charge in [0.25, 0.3) is 0 Å². The van der Waals surface area contributed by atoms with Crippen molar-refractivity contribution in [2.75, 3.05) is 32.1 Å². The number of likely N-dealkylation sites (N-methyl/N-ethyl adjacent to an activating group) is 1. The molecule has 4 nitrogen and oxygen atoms in total. The first kappa shape index (κ1) is 13.2. The molecule has 1 saturated heterocycles. The minimum atomic E-state index is 0.512. The third-order valence-corrected chi connectivity index (χ3v) is 4.70. The van der Waals surface area contributed by atoms with Gasteiger partial charge in [-0.05, 0) is 26.9 Å². The van der Waals surface area contributed by atoms with E-state index < -0.39 is 0 Å². The first-order valence-corrected chi connectivity index (χ1v) is 8.04. The quantitative estimate of drug-likeness (QED) is 0.811. The highest BCUT2D eigenvalue weighted by Gasteiger charge is 2.29. The lowest BCUT2D eigenvalue weighted by molar-refractivity contribution is 0.371. The van der Waals surface area contributed by atoms with Crippen molar-refractivity contribution >= 4 is 33.7 Å².